The Kier molecular flexibility index (Phi) is 8.06. The zero-order valence-electron chi connectivity index (χ0n) is 19.6. The molecule has 0 radical (unpaired) electrons. The van der Waals surface area contributed by atoms with E-state index in [0.717, 1.165) is 43.5 Å². The van der Waals surface area contributed by atoms with Crippen molar-refractivity contribution in [3.8, 4) is 0 Å². The summed E-state index contributed by atoms with van der Waals surface area (Å²) in [7, 11) is 0. The molecule has 36 heavy (non-hydrogen) atoms. The molecule has 12 heteroatoms. The van der Waals surface area contributed by atoms with E-state index in [4.69, 9.17) is 17.0 Å². The highest BCUT2D eigenvalue weighted by atomic mass is 32.1. The van der Waals surface area contributed by atoms with Crippen LogP contribution in [0.2, 0.25) is 0 Å². The fourth-order valence-corrected chi connectivity index (χ4v) is 5.00. The smallest absolute Gasteiger partial charge is 0.338 e. The van der Waals surface area contributed by atoms with Crippen LogP contribution < -0.4 is 15.5 Å². The van der Waals surface area contributed by atoms with Gasteiger partial charge in [-0.3, -0.25) is 20.2 Å². The Morgan fingerprint density at radius 3 is 2.67 bits per heavy atom. The molecule has 0 atom stereocenters. The predicted molar refractivity (Wildman–Crippen MR) is 143 cm³/mol. The minimum atomic E-state index is -0.568. The van der Waals surface area contributed by atoms with Crippen LogP contribution in [0.4, 0.5) is 16.5 Å². The quantitative estimate of drug-likeness (QED) is 0.138. The van der Waals surface area contributed by atoms with E-state index < -0.39 is 10.8 Å². The first-order chi connectivity index (χ1) is 17.4. The molecule has 0 saturated carbocycles. The number of anilines is 2. The summed E-state index contributed by atoms with van der Waals surface area (Å²) in [5.41, 5.74) is 1.62. The number of thiazole rings is 1. The third-order valence-corrected chi connectivity index (χ3v) is 6.82. The SMILES string of the molecule is CCCCOC(=O)c1ccc2nc(NC(=S)NC(=O)c3ccc(N4CCCC4)c([N+](=O)[O-])c3)sc2c1. The number of ether oxygens (including phenoxy) is 1. The molecule has 2 heterocycles. The van der Waals surface area contributed by atoms with Gasteiger partial charge in [-0.05, 0) is 61.8 Å². The minimum Gasteiger partial charge on any atom is -0.462 e. The molecule has 0 aliphatic carbocycles. The van der Waals surface area contributed by atoms with Crippen molar-refractivity contribution in [1.29, 1.82) is 0 Å². The standard InChI is InChI=1S/C24H25N5O5S2/c1-2-3-12-34-22(31)16-6-8-17-20(14-16)36-24(25-17)27-23(35)26-21(30)15-7-9-18(19(13-15)29(32)33)28-10-4-5-11-28/h6-9,13-14H,2-5,10-12H2,1H3,(H2,25,26,27,30,35). The molecule has 3 aromatic rings. The van der Waals surface area contributed by atoms with Crippen molar-refractivity contribution in [1.82, 2.24) is 10.3 Å². The van der Waals surface area contributed by atoms with Gasteiger partial charge in [-0.1, -0.05) is 24.7 Å². The second-order valence-corrected chi connectivity index (χ2v) is 9.69. The molecular formula is C24H25N5O5S2. The summed E-state index contributed by atoms with van der Waals surface area (Å²) in [4.78, 5) is 42.4. The van der Waals surface area contributed by atoms with Gasteiger partial charge in [0.25, 0.3) is 11.6 Å². The fraction of sp³-hybridized carbons (Fsp3) is 0.333. The van der Waals surface area contributed by atoms with Crippen molar-refractivity contribution in [3.63, 3.8) is 0 Å². The van der Waals surface area contributed by atoms with Crippen LogP contribution in [0.3, 0.4) is 0 Å². The number of carbonyl (C=O) groups is 2. The van der Waals surface area contributed by atoms with Gasteiger partial charge in [-0.15, -0.1) is 0 Å². The number of amides is 1. The fourth-order valence-electron chi connectivity index (χ4n) is 3.84. The van der Waals surface area contributed by atoms with Crippen molar-refractivity contribution in [2.24, 2.45) is 0 Å². The van der Waals surface area contributed by atoms with Crippen molar-refractivity contribution >= 4 is 67.3 Å². The molecular weight excluding hydrogens is 502 g/mol. The number of aromatic nitrogens is 1. The van der Waals surface area contributed by atoms with Crippen molar-refractivity contribution in [2.75, 3.05) is 29.9 Å². The normalized spacial score (nSPS) is 13.0. The molecule has 4 rings (SSSR count). The van der Waals surface area contributed by atoms with Crippen LogP contribution in [0.5, 0.6) is 0 Å². The van der Waals surface area contributed by atoms with E-state index in [0.29, 0.717) is 28.5 Å². The summed E-state index contributed by atoms with van der Waals surface area (Å²) in [6.07, 6.45) is 3.71. The van der Waals surface area contributed by atoms with Crippen molar-refractivity contribution in [2.45, 2.75) is 32.6 Å². The second-order valence-electron chi connectivity index (χ2n) is 8.25. The zero-order valence-corrected chi connectivity index (χ0v) is 21.2. The van der Waals surface area contributed by atoms with Gasteiger partial charge in [-0.2, -0.15) is 0 Å². The number of esters is 1. The number of nitro groups is 1. The lowest BCUT2D eigenvalue weighted by molar-refractivity contribution is -0.384. The topological polar surface area (TPSA) is 127 Å². The molecule has 1 fully saturated rings. The molecule has 1 aromatic heterocycles. The maximum Gasteiger partial charge on any atom is 0.338 e. The number of carbonyl (C=O) groups excluding carboxylic acids is 2. The summed E-state index contributed by atoms with van der Waals surface area (Å²) in [6, 6.07) is 9.50. The number of nitrogens with one attached hydrogen (secondary N) is 2. The largest absolute Gasteiger partial charge is 0.462 e. The first kappa shape index (κ1) is 25.5. The van der Waals surface area contributed by atoms with Gasteiger partial charge < -0.3 is 15.0 Å². The number of hydrogen-bond acceptors (Lipinski definition) is 9. The number of hydrogen-bond donors (Lipinski definition) is 2. The van der Waals surface area contributed by atoms with Gasteiger partial charge >= 0.3 is 5.97 Å². The third-order valence-electron chi connectivity index (χ3n) is 5.68. The van der Waals surface area contributed by atoms with Crippen LogP contribution in [0.15, 0.2) is 36.4 Å². The van der Waals surface area contributed by atoms with Crippen LogP contribution in [-0.2, 0) is 4.74 Å². The Morgan fingerprint density at radius 1 is 1.19 bits per heavy atom. The molecule has 0 bridgehead atoms. The Morgan fingerprint density at radius 2 is 1.94 bits per heavy atom. The Labute approximate surface area is 216 Å². The summed E-state index contributed by atoms with van der Waals surface area (Å²) < 4.78 is 6.00. The summed E-state index contributed by atoms with van der Waals surface area (Å²) in [5.74, 6) is -0.956. The number of unbranched alkanes of at least 4 members (excludes halogenated alkanes) is 1. The van der Waals surface area contributed by atoms with Gasteiger partial charge in [0.05, 0.1) is 27.3 Å². The minimum absolute atomic E-state index is 0.00419. The number of nitrogens with zero attached hydrogens (tertiary/aromatic N) is 3. The molecule has 1 amide bonds. The average Bonchev–Trinajstić information content (AvgIpc) is 3.52. The van der Waals surface area contributed by atoms with Crippen molar-refractivity contribution < 1.29 is 19.2 Å². The van der Waals surface area contributed by atoms with Crippen LogP contribution in [-0.4, -0.2) is 46.6 Å². The lowest BCUT2D eigenvalue weighted by Gasteiger charge is -2.17. The zero-order chi connectivity index (χ0) is 25.7. The van der Waals surface area contributed by atoms with E-state index in [1.165, 1.54) is 17.4 Å². The monoisotopic (exact) mass is 527 g/mol. The van der Waals surface area contributed by atoms with Gasteiger partial charge in [0.2, 0.25) is 0 Å². The molecule has 188 valence electrons. The molecule has 1 saturated heterocycles. The van der Waals surface area contributed by atoms with Crippen LogP contribution in [0, 0.1) is 10.1 Å². The number of benzene rings is 2. The van der Waals surface area contributed by atoms with E-state index in [1.54, 1.807) is 30.3 Å². The maximum absolute atomic E-state index is 12.7. The van der Waals surface area contributed by atoms with Gasteiger partial charge in [0, 0.05) is 24.7 Å². The highest BCUT2D eigenvalue weighted by Crippen LogP contribution is 2.32. The van der Waals surface area contributed by atoms with Crippen LogP contribution in [0.1, 0.15) is 53.3 Å². The number of thiocarbonyl (C=S) groups is 1. The first-order valence-corrected chi connectivity index (χ1v) is 12.8. The Hall–Kier alpha value is -3.64. The number of rotatable bonds is 8. The molecule has 10 nitrogen and oxygen atoms in total. The van der Waals surface area contributed by atoms with Crippen molar-refractivity contribution in [3.05, 3.63) is 57.6 Å². The summed E-state index contributed by atoms with van der Waals surface area (Å²) >= 11 is 6.52. The predicted octanol–water partition coefficient (Wildman–Crippen LogP) is 4.89. The lowest BCUT2D eigenvalue weighted by Crippen LogP contribution is -2.34. The average molecular weight is 528 g/mol. The molecule has 2 aromatic carbocycles. The van der Waals surface area contributed by atoms with E-state index in [9.17, 15) is 19.7 Å². The van der Waals surface area contributed by atoms with Crippen LogP contribution >= 0.6 is 23.6 Å². The Bertz CT molecular complexity index is 1320. The molecule has 0 spiro atoms. The molecule has 1 aliphatic heterocycles. The lowest BCUT2D eigenvalue weighted by atomic mass is 10.1. The van der Waals surface area contributed by atoms with Gasteiger partial charge in [0.15, 0.2) is 10.2 Å². The van der Waals surface area contributed by atoms with E-state index in [2.05, 4.69) is 15.6 Å². The second kappa shape index (κ2) is 11.4. The molecule has 2 N–H and O–H groups in total. The summed E-state index contributed by atoms with van der Waals surface area (Å²) in [5, 5.41) is 17.4. The van der Waals surface area contributed by atoms with E-state index >= 15 is 0 Å². The maximum atomic E-state index is 12.7. The highest BCUT2D eigenvalue weighted by Gasteiger charge is 2.24. The van der Waals surface area contributed by atoms with E-state index in [1.807, 2.05) is 11.8 Å². The van der Waals surface area contributed by atoms with Gasteiger partial charge in [-0.25, -0.2) is 9.78 Å². The number of nitro benzene ring substituents is 1. The Balaban J connectivity index is 1.41. The third kappa shape index (κ3) is 5.94. The molecule has 1 aliphatic rings. The molecule has 0 unspecified atom stereocenters. The summed E-state index contributed by atoms with van der Waals surface area (Å²) in [6.45, 7) is 3.91. The number of fused-ring (bicyclic) bond motifs is 1. The van der Waals surface area contributed by atoms with Crippen LogP contribution in [0.25, 0.3) is 10.2 Å². The first-order valence-electron chi connectivity index (χ1n) is 11.6. The van der Waals surface area contributed by atoms with E-state index in [-0.39, 0.29) is 22.3 Å². The van der Waals surface area contributed by atoms with Gasteiger partial charge in [0.1, 0.15) is 5.69 Å². The highest BCUT2D eigenvalue weighted by molar-refractivity contribution is 7.80.